The second kappa shape index (κ2) is 6.22. The molecule has 1 rings (SSSR count). The average molecular weight is 260 g/mol. The van der Waals surface area contributed by atoms with Crippen molar-refractivity contribution in [1.82, 2.24) is 9.78 Å². The van der Waals surface area contributed by atoms with E-state index in [1.165, 1.54) is 17.1 Å². The van der Waals surface area contributed by atoms with Gasteiger partial charge in [-0.15, -0.1) is 0 Å². The number of carbonyl (C=O) groups is 1. The van der Waals surface area contributed by atoms with Crippen LogP contribution in [0.25, 0.3) is 0 Å². The number of aromatic nitrogens is 2. The molecule has 0 amide bonds. The van der Waals surface area contributed by atoms with Crippen LogP contribution in [-0.2, 0) is 0 Å². The zero-order chi connectivity index (χ0) is 14.6. The van der Waals surface area contributed by atoms with Crippen LogP contribution in [-0.4, -0.2) is 28.1 Å². The molecule has 0 aliphatic heterocycles. The fourth-order valence-electron chi connectivity index (χ4n) is 2.03. The summed E-state index contributed by atoms with van der Waals surface area (Å²) in [6.45, 7) is 7.55. The first-order valence-electron chi connectivity index (χ1n) is 6.24. The van der Waals surface area contributed by atoms with Gasteiger partial charge in [0.05, 0.1) is 12.1 Å². The third kappa shape index (κ3) is 2.86. The van der Waals surface area contributed by atoms with E-state index in [9.17, 15) is 4.79 Å². The number of hydrogen-bond donors (Lipinski definition) is 2. The predicted octanol–water partition coefficient (Wildman–Crippen LogP) is 2.96. The van der Waals surface area contributed by atoms with E-state index in [1.807, 2.05) is 20.8 Å². The highest BCUT2D eigenvalue weighted by molar-refractivity contribution is 5.96. The first-order chi connectivity index (χ1) is 8.97. The highest BCUT2D eigenvalue weighted by atomic mass is 16.2. The Bertz CT molecular complexity index is 528. The Morgan fingerprint density at radius 1 is 1.42 bits per heavy atom. The van der Waals surface area contributed by atoms with Crippen molar-refractivity contribution in [3.8, 4) is 0 Å². The molecule has 0 aromatic carbocycles. The van der Waals surface area contributed by atoms with Gasteiger partial charge in [-0.05, 0) is 27.2 Å². The lowest BCUT2D eigenvalue weighted by Gasteiger charge is -2.09. The number of allylic oxidation sites excluding steroid dienone is 2. The third-order valence-corrected chi connectivity index (χ3v) is 3.17. The molecule has 102 valence electrons. The Hall–Kier alpha value is -2.04. The van der Waals surface area contributed by atoms with Gasteiger partial charge in [0.15, 0.2) is 0 Å². The summed E-state index contributed by atoms with van der Waals surface area (Å²) >= 11 is 0. The van der Waals surface area contributed by atoms with E-state index < -0.39 is 5.92 Å². The average Bonchev–Trinajstić information content (AvgIpc) is 2.73. The van der Waals surface area contributed by atoms with E-state index in [4.69, 9.17) is 10.8 Å². The van der Waals surface area contributed by atoms with Crippen LogP contribution in [0.15, 0.2) is 17.3 Å². The second-order valence-electron chi connectivity index (χ2n) is 4.59. The van der Waals surface area contributed by atoms with Gasteiger partial charge in [0.1, 0.15) is 0 Å². The molecular weight excluding hydrogens is 240 g/mol. The van der Waals surface area contributed by atoms with Crippen LogP contribution in [0.5, 0.6) is 0 Å². The van der Waals surface area contributed by atoms with E-state index in [0.717, 1.165) is 16.7 Å². The first-order valence-corrected chi connectivity index (χ1v) is 6.24. The van der Waals surface area contributed by atoms with Crippen molar-refractivity contribution in [3.05, 3.63) is 28.6 Å². The molecule has 0 bridgehead atoms. The van der Waals surface area contributed by atoms with Gasteiger partial charge in [-0.25, -0.2) is 4.68 Å². The van der Waals surface area contributed by atoms with E-state index in [2.05, 4.69) is 5.10 Å². The summed E-state index contributed by atoms with van der Waals surface area (Å²) < 4.78 is 1.36. The smallest absolute Gasteiger partial charge is 0.274 e. The van der Waals surface area contributed by atoms with Gasteiger partial charge in [-0.1, -0.05) is 12.5 Å². The van der Waals surface area contributed by atoms with Gasteiger partial charge >= 0.3 is 0 Å². The molecule has 0 fully saturated rings. The highest BCUT2D eigenvalue weighted by Crippen LogP contribution is 2.19. The number of carbonyl (C=O) groups excluding carboxylic acids is 1. The maximum atomic E-state index is 12.4. The number of nitrogens with zero attached hydrogens (tertiary/aromatic N) is 2. The Kier molecular flexibility index (Phi) is 4.92. The predicted molar refractivity (Wildman–Crippen MR) is 76.6 cm³/mol. The summed E-state index contributed by atoms with van der Waals surface area (Å²) in [5, 5.41) is 18.7. The van der Waals surface area contributed by atoms with E-state index in [-0.39, 0.29) is 5.91 Å². The summed E-state index contributed by atoms with van der Waals surface area (Å²) in [6.07, 6.45) is 4.57. The first kappa shape index (κ1) is 15.0. The molecule has 0 atom stereocenters. The molecule has 0 spiro atoms. The van der Waals surface area contributed by atoms with E-state index in [0.29, 0.717) is 12.1 Å². The second-order valence-corrected chi connectivity index (χ2v) is 4.59. The van der Waals surface area contributed by atoms with Crippen molar-refractivity contribution < 1.29 is 4.79 Å². The summed E-state index contributed by atoms with van der Waals surface area (Å²) in [6, 6.07) is 0. The van der Waals surface area contributed by atoms with E-state index in [1.54, 1.807) is 13.1 Å². The molecule has 2 N–H and O–H groups in total. The van der Waals surface area contributed by atoms with Crippen LogP contribution < -0.4 is 0 Å². The Morgan fingerprint density at radius 2 is 2.00 bits per heavy atom. The quantitative estimate of drug-likeness (QED) is 0.630. The fourth-order valence-corrected chi connectivity index (χ4v) is 2.03. The highest BCUT2D eigenvalue weighted by Gasteiger charge is 2.19. The lowest BCUT2D eigenvalue weighted by Crippen LogP contribution is -2.17. The maximum absolute atomic E-state index is 12.4. The van der Waals surface area contributed by atoms with Crippen LogP contribution >= 0.6 is 0 Å². The van der Waals surface area contributed by atoms with Gasteiger partial charge in [0.25, 0.3) is 5.91 Å². The van der Waals surface area contributed by atoms with Gasteiger partial charge in [0, 0.05) is 29.3 Å². The molecule has 0 radical (unpaired) electrons. The van der Waals surface area contributed by atoms with Crippen molar-refractivity contribution in [2.45, 2.75) is 40.0 Å². The van der Waals surface area contributed by atoms with Gasteiger partial charge < -0.3 is 10.8 Å². The zero-order valence-electron chi connectivity index (χ0n) is 11.8. The van der Waals surface area contributed by atoms with Crippen LogP contribution in [0, 0.1) is 17.7 Å². The normalized spacial score (nSPS) is 11.8. The molecule has 19 heavy (non-hydrogen) atoms. The molecule has 1 aromatic heterocycles. The number of rotatable bonds is 5. The molecule has 5 heteroatoms. The summed E-state index contributed by atoms with van der Waals surface area (Å²) in [7, 11) is 0. The number of hydrogen-bond acceptors (Lipinski definition) is 4. The van der Waals surface area contributed by atoms with Crippen molar-refractivity contribution >= 4 is 18.3 Å². The Labute approximate surface area is 113 Å². The summed E-state index contributed by atoms with van der Waals surface area (Å²) in [5.41, 5.74) is 3.15. The van der Waals surface area contributed by atoms with Crippen molar-refractivity contribution in [3.63, 3.8) is 0 Å². The van der Waals surface area contributed by atoms with Gasteiger partial charge in [-0.3, -0.25) is 4.79 Å². The van der Waals surface area contributed by atoms with Crippen molar-refractivity contribution in [2.24, 2.45) is 0 Å². The van der Waals surface area contributed by atoms with Crippen LogP contribution in [0.2, 0.25) is 0 Å². The van der Waals surface area contributed by atoms with Crippen LogP contribution in [0.4, 0.5) is 0 Å². The fraction of sp³-hybridized carbons (Fsp3) is 0.429. The van der Waals surface area contributed by atoms with Crippen LogP contribution in [0.1, 0.15) is 49.2 Å². The zero-order valence-corrected chi connectivity index (χ0v) is 11.8. The molecular formula is C14H20N4O. The molecule has 1 heterocycles. The Balaban J connectivity index is 3.25. The topological polar surface area (TPSA) is 82.6 Å². The molecule has 1 aromatic rings. The largest absolute Gasteiger partial charge is 0.312 e. The summed E-state index contributed by atoms with van der Waals surface area (Å²) in [5.74, 6) is -0.543. The molecule has 0 saturated carbocycles. The van der Waals surface area contributed by atoms with Crippen molar-refractivity contribution in [2.75, 3.05) is 0 Å². The minimum atomic E-state index is -0.418. The summed E-state index contributed by atoms with van der Waals surface area (Å²) in [4.78, 5) is 12.4. The minimum absolute atomic E-state index is 0.125. The number of nitrogens with one attached hydrogen (secondary N) is 2. The molecule has 0 aliphatic carbocycles. The van der Waals surface area contributed by atoms with Crippen molar-refractivity contribution in [1.29, 1.82) is 10.8 Å². The third-order valence-electron chi connectivity index (χ3n) is 3.17. The molecule has 5 nitrogen and oxygen atoms in total. The SMILES string of the molecule is CCC(C(=O)n1ncc(C(C=N)C=N)c1C)=C(C)C. The maximum Gasteiger partial charge on any atom is 0.274 e. The van der Waals surface area contributed by atoms with Gasteiger partial charge in [-0.2, -0.15) is 5.10 Å². The molecule has 0 unspecified atom stereocenters. The lowest BCUT2D eigenvalue weighted by atomic mass is 10.0. The van der Waals surface area contributed by atoms with E-state index >= 15 is 0 Å². The standard InChI is InChI=1S/C14H20N4O/c1-5-12(9(2)3)14(19)18-10(4)13(8-17-18)11(6-15)7-16/h6-8,11,15-16H,5H2,1-4H3. The Morgan fingerprint density at radius 3 is 2.42 bits per heavy atom. The lowest BCUT2D eigenvalue weighted by molar-refractivity contribution is 0.0933. The molecule has 0 aliphatic rings. The van der Waals surface area contributed by atoms with Gasteiger partial charge in [0.2, 0.25) is 0 Å². The minimum Gasteiger partial charge on any atom is -0.312 e. The van der Waals surface area contributed by atoms with Crippen LogP contribution in [0.3, 0.4) is 0 Å². The monoisotopic (exact) mass is 260 g/mol. The molecule has 0 saturated heterocycles.